The van der Waals surface area contributed by atoms with E-state index in [-0.39, 0.29) is 17.5 Å². The maximum Gasteiger partial charge on any atom is 0.256 e. The minimum absolute atomic E-state index is 0.136. The molecular weight excluding hydrogens is 302 g/mol. The Kier molecular flexibility index (Phi) is 5.75. The van der Waals surface area contributed by atoms with Gasteiger partial charge in [-0.05, 0) is 44.2 Å². The van der Waals surface area contributed by atoms with Gasteiger partial charge in [0.25, 0.3) is 5.91 Å². The fourth-order valence-corrected chi connectivity index (χ4v) is 4.07. The predicted molar refractivity (Wildman–Crippen MR) is 98.2 cm³/mol. The first kappa shape index (κ1) is 18.6. The van der Waals surface area contributed by atoms with Crippen LogP contribution in [0.4, 0.5) is 5.69 Å². The molecule has 5 nitrogen and oxygen atoms in total. The molecule has 1 amide bonds. The smallest absolute Gasteiger partial charge is 0.256 e. The summed E-state index contributed by atoms with van der Waals surface area (Å²) in [5.41, 5.74) is 4.48. The zero-order valence-electron chi connectivity index (χ0n) is 15.6. The second-order valence-electron chi connectivity index (χ2n) is 7.35. The van der Waals surface area contributed by atoms with E-state index in [1.165, 1.54) is 5.56 Å². The number of carbonyl (C=O) groups excluding carboxylic acids is 1. The molecule has 2 rings (SSSR count). The van der Waals surface area contributed by atoms with Crippen molar-refractivity contribution >= 4 is 11.6 Å². The maximum atomic E-state index is 12.6. The van der Waals surface area contributed by atoms with Crippen molar-refractivity contribution in [3.63, 3.8) is 0 Å². The number of carbonyl (C=O) groups is 1. The van der Waals surface area contributed by atoms with Gasteiger partial charge in [-0.15, -0.1) is 0 Å². The number of amides is 1. The van der Waals surface area contributed by atoms with Crippen LogP contribution in [0.2, 0.25) is 0 Å². The first-order valence-corrected chi connectivity index (χ1v) is 8.84. The van der Waals surface area contributed by atoms with Gasteiger partial charge in [0.2, 0.25) is 0 Å². The summed E-state index contributed by atoms with van der Waals surface area (Å²) in [7, 11) is 1.68. The van der Waals surface area contributed by atoms with Crippen LogP contribution < -0.4 is 20.9 Å². The molecule has 0 fully saturated rings. The van der Waals surface area contributed by atoms with Gasteiger partial charge in [0.05, 0.1) is 12.8 Å². The summed E-state index contributed by atoms with van der Waals surface area (Å²) in [5.74, 6) is 6.59. The molecule has 1 aliphatic rings. The van der Waals surface area contributed by atoms with Gasteiger partial charge in [-0.2, -0.15) is 0 Å². The minimum Gasteiger partial charge on any atom is -0.495 e. The Morgan fingerprint density at radius 1 is 1.50 bits per heavy atom. The first-order chi connectivity index (χ1) is 11.4. The van der Waals surface area contributed by atoms with Crippen LogP contribution in [-0.2, 0) is 4.79 Å². The molecular formula is C19H31N3O2. The summed E-state index contributed by atoms with van der Waals surface area (Å²) >= 11 is 0. The van der Waals surface area contributed by atoms with Gasteiger partial charge < -0.3 is 9.64 Å². The molecule has 0 aliphatic carbocycles. The molecule has 0 saturated carbocycles. The van der Waals surface area contributed by atoms with Crippen molar-refractivity contribution in [2.24, 2.45) is 5.84 Å². The second-order valence-corrected chi connectivity index (χ2v) is 7.35. The number of fused-ring (bicyclic) bond motifs is 1. The standard InChI is InChI=1S/C19H31N3O2/c1-6-7-10-15(18(23)21-20)22-17-14(9-8-11-16(17)24-5)13(2)12-19(22,3)4/h8-9,11,13,15H,6-7,10,12,20H2,1-5H3,(H,21,23)/t13-,15-/m1/s1. The van der Waals surface area contributed by atoms with Gasteiger partial charge in [0.1, 0.15) is 11.8 Å². The van der Waals surface area contributed by atoms with Gasteiger partial charge in [-0.1, -0.05) is 38.8 Å². The van der Waals surface area contributed by atoms with Crippen LogP contribution in [0, 0.1) is 0 Å². The number of benzene rings is 1. The Morgan fingerprint density at radius 3 is 2.79 bits per heavy atom. The lowest BCUT2D eigenvalue weighted by Crippen LogP contribution is -2.59. The second kappa shape index (κ2) is 7.43. The Labute approximate surface area is 145 Å². The number of unbranched alkanes of at least 4 members (excludes halogenated alkanes) is 1. The molecule has 0 saturated heterocycles. The Morgan fingerprint density at radius 2 is 2.21 bits per heavy atom. The number of hydrogen-bond acceptors (Lipinski definition) is 4. The summed E-state index contributed by atoms with van der Waals surface area (Å²) in [6, 6.07) is 5.83. The zero-order chi connectivity index (χ0) is 17.9. The lowest BCUT2D eigenvalue weighted by molar-refractivity contribution is -0.123. The van der Waals surface area contributed by atoms with Crippen LogP contribution in [0.25, 0.3) is 0 Å². The number of hydrazine groups is 1. The number of para-hydroxylation sites is 1. The number of nitrogens with one attached hydrogen (secondary N) is 1. The molecule has 1 aromatic carbocycles. The van der Waals surface area contributed by atoms with E-state index in [4.69, 9.17) is 10.6 Å². The van der Waals surface area contributed by atoms with Crippen molar-refractivity contribution < 1.29 is 9.53 Å². The van der Waals surface area contributed by atoms with E-state index in [2.05, 4.69) is 44.1 Å². The van der Waals surface area contributed by atoms with Crippen LogP contribution in [0.5, 0.6) is 5.75 Å². The fraction of sp³-hybridized carbons (Fsp3) is 0.632. The molecule has 1 heterocycles. The van der Waals surface area contributed by atoms with E-state index in [0.29, 0.717) is 5.92 Å². The van der Waals surface area contributed by atoms with E-state index >= 15 is 0 Å². The SMILES string of the molecule is CCCC[C@H](C(=O)NN)N1c2c(OC)cccc2[C@H](C)CC1(C)C. The molecule has 5 heteroatoms. The highest BCUT2D eigenvalue weighted by atomic mass is 16.5. The van der Waals surface area contributed by atoms with Crippen molar-refractivity contribution in [3.05, 3.63) is 23.8 Å². The third kappa shape index (κ3) is 3.36. The van der Waals surface area contributed by atoms with Crippen LogP contribution in [-0.4, -0.2) is 24.6 Å². The zero-order valence-corrected chi connectivity index (χ0v) is 15.6. The third-order valence-corrected chi connectivity index (χ3v) is 5.07. The molecule has 1 aromatic rings. The monoisotopic (exact) mass is 333 g/mol. The molecule has 1 aliphatic heterocycles. The molecule has 2 atom stereocenters. The molecule has 3 N–H and O–H groups in total. The quantitative estimate of drug-likeness (QED) is 0.476. The van der Waals surface area contributed by atoms with Crippen LogP contribution in [0.3, 0.4) is 0 Å². The summed E-state index contributed by atoms with van der Waals surface area (Å²) < 4.78 is 5.65. The maximum absolute atomic E-state index is 12.6. The summed E-state index contributed by atoms with van der Waals surface area (Å²) in [5, 5.41) is 0. The van der Waals surface area contributed by atoms with Gasteiger partial charge in [-0.25, -0.2) is 5.84 Å². The van der Waals surface area contributed by atoms with Crippen molar-refractivity contribution in [2.75, 3.05) is 12.0 Å². The summed E-state index contributed by atoms with van der Waals surface area (Å²) in [4.78, 5) is 14.8. The van der Waals surface area contributed by atoms with E-state index in [1.54, 1.807) is 7.11 Å². The lowest BCUT2D eigenvalue weighted by Gasteiger charge is -2.51. The van der Waals surface area contributed by atoms with E-state index in [0.717, 1.165) is 37.1 Å². The summed E-state index contributed by atoms with van der Waals surface area (Å²) in [6.45, 7) is 8.76. The molecule has 0 radical (unpaired) electrons. The number of ether oxygens (including phenoxy) is 1. The van der Waals surface area contributed by atoms with E-state index in [9.17, 15) is 4.79 Å². The highest BCUT2D eigenvalue weighted by Crippen LogP contribution is 2.49. The molecule has 134 valence electrons. The molecule has 0 aromatic heterocycles. The average Bonchev–Trinajstić information content (AvgIpc) is 2.55. The highest BCUT2D eigenvalue weighted by Gasteiger charge is 2.43. The lowest BCUT2D eigenvalue weighted by atomic mass is 9.78. The van der Waals surface area contributed by atoms with Crippen molar-refractivity contribution in [3.8, 4) is 5.75 Å². The number of hydrogen-bond donors (Lipinski definition) is 2. The predicted octanol–water partition coefficient (Wildman–Crippen LogP) is 3.34. The van der Waals surface area contributed by atoms with Crippen molar-refractivity contribution in [1.29, 1.82) is 0 Å². The van der Waals surface area contributed by atoms with E-state index in [1.807, 2.05) is 12.1 Å². The first-order valence-electron chi connectivity index (χ1n) is 8.84. The molecule has 24 heavy (non-hydrogen) atoms. The summed E-state index contributed by atoms with van der Waals surface area (Å²) in [6.07, 6.45) is 3.77. The van der Waals surface area contributed by atoms with E-state index < -0.39 is 0 Å². The molecule has 0 bridgehead atoms. The van der Waals surface area contributed by atoms with Crippen molar-refractivity contribution in [2.45, 2.75) is 70.9 Å². The van der Waals surface area contributed by atoms with Crippen LogP contribution >= 0.6 is 0 Å². The highest BCUT2D eigenvalue weighted by molar-refractivity contribution is 5.87. The van der Waals surface area contributed by atoms with Gasteiger partial charge in [-0.3, -0.25) is 10.2 Å². The Bertz CT molecular complexity index is 586. The number of anilines is 1. The average molecular weight is 333 g/mol. The number of nitrogens with zero attached hydrogens (tertiary/aromatic N) is 1. The van der Waals surface area contributed by atoms with Crippen LogP contribution in [0.15, 0.2) is 18.2 Å². The molecule has 0 spiro atoms. The van der Waals surface area contributed by atoms with Crippen LogP contribution in [0.1, 0.15) is 64.9 Å². The molecule has 0 unspecified atom stereocenters. The van der Waals surface area contributed by atoms with Crippen molar-refractivity contribution in [1.82, 2.24) is 5.43 Å². The third-order valence-electron chi connectivity index (χ3n) is 5.07. The largest absolute Gasteiger partial charge is 0.495 e. The normalized spacial score (nSPS) is 20.2. The Hall–Kier alpha value is -1.75. The van der Waals surface area contributed by atoms with Gasteiger partial charge in [0.15, 0.2) is 0 Å². The minimum atomic E-state index is -0.299. The van der Waals surface area contributed by atoms with Gasteiger partial charge >= 0.3 is 0 Å². The fourth-order valence-electron chi connectivity index (χ4n) is 4.07. The van der Waals surface area contributed by atoms with Gasteiger partial charge in [0, 0.05) is 5.54 Å². The number of nitrogens with two attached hydrogens (primary N) is 1. The number of methoxy groups -OCH3 is 1. The Balaban J connectivity index is 2.60. The number of rotatable bonds is 6. The topological polar surface area (TPSA) is 67.6 Å².